The van der Waals surface area contributed by atoms with Crippen molar-refractivity contribution < 1.29 is 18.0 Å². The minimum Gasteiger partial charge on any atom is -0.343 e. The summed E-state index contributed by atoms with van der Waals surface area (Å²) >= 11 is 0. The highest BCUT2D eigenvalue weighted by molar-refractivity contribution is 5.97. The molecule has 1 aromatic carbocycles. The van der Waals surface area contributed by atoms with Crippen molar-refractivity contribution in [2.75, 3.05) is 6.54 Å². The fourth-order valence-electron chi connectivity index (χ4n) is 1.40. The van der Waals surface area contributed by atoms with Gasteiger partial charge in [-0.1, -0.05) is 6.07 Å². The van der Waals surface area contributed by atoms with Crippen LogP contribution in [0.4, 0.5) is 13.2 Å². The van der Waals surface area contributed by atoms with Gasteiger partial charge in [0.1, 0.15) is 12.9 Å². The third-order valence-electron chi connectivity index (χ3n) is 2.22. The Hall–Kier alpha value is -2.18. The summed E-state index contributed by atoms with van der Waals surface area (Å²) in [5.74, 6) is -0.784. The van der Waals surface area contributed by atoms with Crippen LogP contribution in [0.25, 0.3) is 10.9 Å². The Morgan fingerprint density at radius 3 is 2.83 bits per heavy atom. The summed E-state index contributed by atoms with van der Waals surface area (Å²) in [7, 11) is 0. The fraction of sp³-hybridized carbons (Fsp3) is 0.182. The summed E-state index contributed by atoms with van der Waals surface area (Å²) in [5, 5.41) is 2.51. The molecule has 0 aliphatic rings. The molecule has 1 heterocycles. The molecule has 1 N–H and O–H groups in total. The molecule has 4 nitrogen and oxygen atoms in total. The molecule has 0 aliphatic heterocycles. The number of carbonyl (C=O) groups excluding carboxylic acids is 1. The van der Waals surface area contributed by atoms with Crippen LogP contribution >= 0.6 is 0 Å². The molecule has 0 aliphatic carbocycles. The van der Waals surface area contributed by atoms with Gasteiger partial charge in [0.15, 0.2) is 0 Å². The number of halogens is 3. The zero-order valence-electron chi connectivity index (χ0n) is 9.03. The SMILES string of the molecule is O=C(NCC(F)(F)F)c1ccc2cncnc2c1. The van der Waals surface area contributed by atoms with Crippen LogP contribution in [0.2, 0.25) is 0 Å². The number of benzene rings is 1. The number of hydrogen-bond acceptors (Lipinski definition) is 3. The second kappa shape index (κ2) is 4.59. The van der Waals surface area contributed by atoms with Gasteiger partial charge >= 0.3 is 6.18 Å². The molecule has 0 bridgehead atoms. The Bertz CT molecular complexity index is 583. The molecule has 94 valence electrons. The van der Waals surface area contributed by atoms with Crippen LogP contribution in [0, 0.1) is 0 Å². The molecule has 0 saturated carbocycles. The van der Waals surface area contributed by atoms with Crippen molar-refractivity contribution in [1.29, 1.82) is 0 Å². The maximum absolute atomic E-state index is 11.9. The summed E-state index contributed by atoms with van der Waals surface area (Å²) in [5.41, 5.74) is 0.634. The van der Waals surface area contributed by atoms with E-state index in [0.717, 1.165) is 0 Å². The van der Waals surface area contributed by atoms with E-state index >= 15 is 0 Å². The fourth-order valence-corrected chi connectivity index (χ4v) is 1.40. The maximum atomic E-state index is 11.9. The quantitative estimate of drug-likeness (QED) is 0.892. The van der Waals surface area contributed by atoms with Crippen LogP contribution in [0.5, 0.6) is 0 Å². The first-order chi connectivity index (χ1) is 8.46. The molecule has 18 heavy (non-hydrogen) atoms. The van der Waals surface area contributed by atoms with Crippen molar-refractivity contribution in [3.05, 3.63) is 36.3 Å². The molecule has 0 spiro atoms. The number of nitrogens with one attached hydrogen (secondary N) is 1. The summed E-state index contributed by atoms with van der Waals surface area (Å²) in [6, 6.07) is 4.43. The number of fused-ring (bicyclic) bond motifs is 1. The Balaban J connectivity index is 2.18. The lowest BCUT2D eigenvalue weighted by molar-refractivity contribution is -0.123. The highest BCUT2D eigenvalue weighted by atomic mass is 19.4. The van der Waals surface area contributed by atoms with Crippen molar-refractivity contribution in [2.24, 2.45) is 0 Å². The van der Waals surface area contributed by atoms with E-state index in [9.17, 15) is 18.0 Å². The third kappa shape index (κ3) is 2.93. The Labute approximate surface area is 99.9 Å². The summed E-state index contributed by atoms with van der Waals surface area (Å²) in [6.07, 6.45) is -1.56. The van der Waals surface area contributed by atoms with Gasteiger partial charge in [-0.15, -0.1) is 0 Å². The predicted molar refractivity (Wildman–Crippen MR) is 57.9 cm³/mol. The number of hydrogen-bond donors (Lipinski definition) is 1. The van der Waals surface area contributed by atoms with Gasteiger partial charge in [-0.25, -0.2) is 9.97 Å². The van der Waals surface area contributed by atoms with Crippen LogP contribution < -0.4 is 5.32 Å². The molecule has 2 aromatic rings. The molecule has 1 amide bonds. The number of rotatable bonds is 2. The first-order valence-corrected chi connectivity index (χ1v) is 5.00. The number of amides is 1. The van der Waals surface area contributed by atoms with Gasteiger partial charge in [0.25, 0.3) is 5.91 Å². The van der Waals surface area contributed by atoms with Gasteiger partial charge in [0, 0.05) is 17.1 Å². The molecule has 1 aromatic heterocycles. The van der Waals surface area contributed by atoms with Crippen molar-refractivity contribution in [3.63, 3.8) is 0 Å². The van der Waals surface area contributed by atoms with E-state index < -0.39 is 18.6 Å². The van der Waals surface area contributed by atoms with Gasteiger partial charge in [0.05, 0.1) is 5.52 Å². The van der Waals surface area contributed by atoms with Crippen molar-refractivity contribution in [3.8, 4) is 0 Å². The van der Waals surface area contributed by atoms with E-state index in [1.807, 2.05) is 0 Å². The van der Waals surface area contributed by atoms with E-state index in [4.69, 9.17) is 0 Å². The Kier molecular flexibility index (Phi) is 3.14. The van der Waals surface area contributed by atoms with Gasteiger partial charge in [0.2, 0.25) is 0 Å². The smallest absolute Gasteiger partial charge is 0.343 e. The number of aromatic nitrogens is 2. The Morgan fingerprint density at radius 2 is 2.11 bits per heavy atom. The van der Waals surface area contributed by atoms with Crippen LogP contribution in [0.15, 0.2) is 30.7 Å². The lowest BCUT2D eigenvalue weighted by Crippen LogP contribution is -2.33. The number of carbonyl (C=O) groups is 1. The predicted octanol–water partition coefficient (Wildman–Crippen LogP) is 1.92. The summed E-state index contributed by atoms with van der Waals surface area (Å²) in [6.45, 7) is -1.35. The average Bonchev–Trinajstić information content (AvgIpc) is 2.34. The van der Waals surface area contributed by atoms with Crippen molar-refractivity contribution in [2.45, 2.75) is 6.18 Å². The third-order valence-corrected chi connectivity index (χ3v) is 2.22. The summed E-state index contributed by atoms with van der Waals surface area (Å²) in [4.78, 5) is 19.2. The van der Waals surface area contributed by atoms with Crippen LogP contribution in [-0.4, -0.2) is 28.6 Å². The van der Waals surface area contributed by atoms with E-state index in [1.54, 1.807) is 17.6 Å². The van der Waals surface area contributed by atoms with Gasteiger partial charge in [-0.2, -0.15) is 13.2 Å². The summed E-state index contributed by atoms with van der Waals surface area (Å²) < 4.78 is 35.8. The topological polar surface area (TPSA) is 54.9 Å². The van der Waals surface area contributed by atoms with E-state index in [-0.39, 0.29) is 5.56 Å². The second-order valence-corrected chi connectivity index (χ2v) is 3.59. The highest BCUT2D eigenvalue weighted by Gasteiger charge is 2.27. The lowest BCUT2D eigenvalue weighted by atomic mass is 10.1. The van der Waals surface area contributed by atoms with Crippen LogP contribution in [0.3, 0.4) is 0 Å². The average molecular weight is 255 g/mol. The zero-order valence-corrected chi connectivity index (χ0v) is 9.03. The van der Waals surface area contributed by atoms with Crippen LogP contribution in [0.1, 0.15) is 10.4 Å². The second-order valence-electron chi connectivity index (χ2n) is 3.59. The van der Waals surface area contributed by atoms with Crippen LogP contribution in [-0.2, 0) is 0 Å². The Morgan fingerprint density at radius 1 is 1.33 bits per heavy atom. The zero-order chi connectivity index (χ0) is 13.2. The first kappa shape index (κ1) is 12.3. The normalized spacial score (nSPS) is 11.5. The van der Waals surface area contributed by atoms with Gasteiger partial charge < -0.3 is 5.32 Å². The van der Waals surface area contributed by atoms with Crippen molar-refractivity contribution in [1.82, 2.24) is 15.3 Å². The lowest BCUT2D eigenvalue weighted by Gasteiger charge is -2.08. The minimum absolute atomic E-state index is 0.130. The molecule has 2 rings (SSSR count). The van der Waals surface area contributed by atoms with Crippen molar-refractivity contribution >= 4 is 16.8 Å². The number of alkyl halides is 3. The first-order valence-electron chi connectivity index (χ1n) is 5.00. The standard InChI is InChI=1S/C11H8F3N3O/c12-11(13,14)5-16-10(18)7-1-2-8-4-15-6-17-9(8)3-7/h1-4,6H,5H2,(H,16,18). The molecule has 7 heteroatoms. The molecular formula is C11H8F3N3O. The van der Waals surface area contributed by atoms with Gasteiger partial charge in [-0.05, 0) is 12.1 Å². The monoisotopic (exact) mass is 255 g/mol. The molecule has 0 radical (unpaired) electrons. The van der Waals surface area contributed by atoms with E-state index in [2.05, 4.69) is 9.97 Å². The molecule has 0 atom stereocenters. The number of nitrogens with zero attached hydrogens (tertiary/aromatic N) is 2. The largest absolute Gasteiger partial charge is 0.405 e. The molecular weight excluding hydrogens is 247 g/mol. The highest BCUT2D eigenvalue weighted by Crippen LogP contribution is 2.14. The molecule has 0 unspecified atom stereocenters. The molecule has 0 fully saturated rings. The molecule has 0 saturated heterocycles. The van der Waals surface area contributed by atoms with Gasteiger partial charge in [-0.3, -0.25) is 4.79 Å². The maximum Gasteiger partial charge on any atom is 0.405 e. The van der Waals surface area contributed by atoms with E-state index in [1.165, 1.54) is 18.5 Å². The minimum atomic E-state index is -4.42. The van der Waals surface area contributed by atoms with E-state index in [0.29, 0.717) is 10.9 Å².